The van der Waals surface area contributed by atoms with Gasteiger partial charge >= 0.3 is 0 Å². The second-order valence-electron chi connectivity index (χ2n) is 6.54. The van der Waals surface area contributed by atoms with E-state index in [9.17, 15) is 0 Å². The number of aryl methyl sites for hydroxylation is 1. The van der Waals surface area contributed by atoms with E-state index in [0.29, 0.717) is 19.8 Å². The van der Waals surface area contributed by atoms with E-state index in [1.165, 1.54) is 5.56 Å². The SMILES string of the molecule is CN=C(NCCOc1ccc(C)cc1)N1CCOC(C2CCCO2)C1. The highest BCUT2D eigenvalue weighted by molar-refractivity contribution is 5.80. The predicted octanol–water partition coefficient (Wildman–Crippen LogP) is 1.83. The molecule has 2 aliphatic heterocycles. The molecule has 0 spiro atoms. The number of aliphatic imine (C=N–C) groups is 1. The summed E-state index contributed by atoms with van der Waals surface area (Å²) >= 11 is 0. The van der Waals surface area contributed by atoms with Crippen molar-refractivity contribution in [3.8, 4) is 5.75 Å². The molecule has 6 heteroatoms. The minimum atomic E-state index is 0.138. The summed E-state index contributed by atoms with van der Waals surface area (Å²) < 4.78 is 17.4. The van der Waals surface area contributed by atoms with E-state index >= 15 is 0 Å². The first-order valence-corrected chi connectivity index (χ1v) is 9.14. The van der Waals surface area contributed by atoms with Gasteiger partial charge in [0.25, 0.3) is 0 Å². The van der Waals surface area contributed by atoms with Crippen LogP contribution in [-0.4, -0.2) is 69.6 Å². The summed E-state index contributed by atoms with van der Waals surface area (Å²) in [5.41, 5.74) is 1.24. The van der Waals surface area contributed by atoms with Crippen LogP contribution in [0.5, 0.6) is 5.75 Å². The van der Waals surface area contributed by atoms with Gasteiger partial charge in [-0.15, -0.1) is 0 Å². The first kappa shape index (κ1) is 18.0. The van der Waals surface area contributed by atoms with Crippen molar-refractivity contribution in [3.63, 3.8) is 0 Å². The monoisotopic (exact) mass is 347 g/mol. The number of benzene rings is 1. The van der Waals surface area contributed by atoms with Gasteiger partial charge in [-0.25, -0.2) is 0 Å². The van der Waals surface area contributed by atoms with E-state index in [0.717, 1.165) is 44.2 Å². The van der Waals surface area contributed by atoms with Gasteiger partial charge in [-0.2, -0.15) is 0 Å². The van der Waals surface area contributed by atoms with Gasteiger partial charge in [0, 0.05) is 26.7 Å². The quantitative estimate of drug-likeness (QED) is 0.500. The van der Waals surface area contributed by atoms with Crippen molar-refractivity contribution >= 4 is 5.96 Å². The first-order valence-electron chi connectivity index (χ1n) is 9.14. The lowest BCUT2D eigenvalue weighted by atomic mass is 10.1. The maximum atomic E-state index is 5.91. The molecule has 3 rings (SSSR count). The van der Waals surface area contributed by atoms with Gasteiger partial charge in [0.15, 0.2) is 5.96 Å². The lowest BCUT2D eigenvalue weighted by Gasteiger charge is -2.37. The molecule has 2 saturated heterocycles. The second kappa shape index (κ2) is 9.06. The Kier molecular flexibility index (Phi) is 6.53. The van der Waals surface area contributed by atoms with Crippen molar-refractivity contribution in [2.24, 2.45) is 4.99 Å². The molecule has 2 aliphatic rings. The third-order valence-electron chi connectivity index (χ3n) is 4.66. The van der Waals surface area contributed by atoms with E-state index < -0.39 is 0 Å². The van der Waals surface area contributed by atoms with Crippen molar-refractivity contribution in [2.75, 3.05) is 46.5 Å². The molecular formula is C19H29N3O3. The Bertz CT molecular complexity index is 556. The van der Waals surface area contributed by atoms with Gasteiger partial charge < -0.3 is 24.4 Å². The molecule has 0 aromatic heterocycles. The maximum absolute atomic E-state index is 5.91. The predicted molar refractivity (Wildman–Crippen MR) is 98.3 cm³/mol. The number of nitrogens with zero attached hydrogens (tertiary/aromatic N) is 2. The lowest BCUT2D eigenvalue weighted by molar-refractivity contribution is -0.0817. The fourth-order valence-corrected chi connectivity index (χ4v) is 3.29. The average Bonchev–Trinajstić information content (AvgIpc) is 3.18. The topological polar surface area (TPSA) is 55.3 Å². The Balaban J connectivity index is 1.43. The van der Waals surface area contributed by atoms with Crippen LogP contribution in [0.15, 0.2) is 29.3 Å². The maximum Gasteiger partial charge on any atom is 0.193 e. The summed E-state index contributed by atoms with van der Waals surface area (Å²) in [6, 6.07) is 8.11. The van der Waals surface area contributed by atoms with Gasteiger partial charge in [-0.1, -0.05) is 17.7 Å². The highest BCUT2D eigenvalue weighted by atomic mass is 16.5. The normalized spacial score (nSPS) is 24.4. The Morgan fingerprint density at radius 3 is 2.76 bits per heavy atom. The Morgan fingerprint density at radius 2 is 2.04 bits per heavy atom. The zero-order valence-corrected chi connectivity index (χ0v) is 15.2. The minimum absolute atomic E-state index is 0.138. The van der Waals surface area contributed by atoms with Gasteiger partial charge in [-0.3, -0.25) is 4.99 Å². The summed E-state index contributed by atoms with van der Waals surface area (Å²) in [5.74, 6) is 1.80. The summed E-state index contributed by atoms with van der Waals surface area (Å²) in [6.45, 7) is 6.62. The van der Waals surface area contributed by atoms with Crippen LogP contribution in [0, 0.1) is 6.92 Å². The molecule has 0 saturated carbocycles. The zero-order valence-electron chi connectivity index (χ0n) is 15.2. The molecule has 0 bridgehead atoms. The first-order chi connectivity index (χ1) is 12.3. The molecule has 2 atom stereocenters. The number of guanidine groups is 1. The fraction of sp³-hybridized carbons (Fsp3) is 0.632. The molecule has 1 aromatic rings. The fourth-order valence-electron chi connectivity index (χ4n) is 3.29. The van der Waals surface area contributed by atoms with E-state index in [2.05, 4.69) is 34.3 Å². The van der Waals surface area contributed by atoms with Crippen LogP contribution in [0.25, 0.3) is 0 Å². The smallest absolute Gasteiger partial charge is 0.193 e. The average molecular weight is 347 g/mol. The van der Waals surface area contributed by atoms with E-state index in [4.69, 9.17) is 14.2 Å². The number of hydrogen-bond donors (Lipinski definition) is 1. The summed E-state index contributed by atoms with van der Waals surface area (Å²) in [5, 5.41) is 3.39. The van der Waals surface area contributed by atoms with Crippen molar-refractivity contribution in [3.05, 3.63) is 29.8 Å². The largest absolute Gasteiger partial charge is 0.492 e. The zero-order chi connectivity index (χ0) is 17.5. The van der Waals surface area contributed by atoms with Gasteiger partial charge in [-0.05, 0) is 31.9 Å². The minimum Gasteiger partial charge on any atom is -0.492 e. The molecule has 138 valence electrons. The molecule has 25 heavy (non-hydrogen) atoms. The number of nitrogens with one attached hydrogen (secondary N) is 1. The number of morpholine rings is 1. The van der Waals surface area contributed by atoms with Crippen LogP contribution >= 0.6 is 0 Å². The summed E-state index contributed by atoms with van der Waals surface area (Å²) in [7, 11) is 1.82. The Hall–Kier alpha value is -1.79. The molecule has 2 unspecified atom stereocenters. The van der Waals surface area contributed by atoms with E-state index in [1.54, 1.807) is 0 Å². The van der Waals surface area contributed by atoms with Crippen molar-refractivity contribution in [1.82, 2.24) is 10.2 Å². The standard InChI is InChI=1S/C19H29N3O3/c1-15-5-7-16(8-6-15)23-12-9-21-19(20-2)22-10-13-25-18(14-22)17-4-3-11-24-17/h5-8,17-18H,3-4,9-14H2,1-2H3,(H,20,21). The van der Waals surface area contributed by atoms with Crippen LogP contribution in [0.1, 0.15) is 18.4 Å². The van der Waals surface area contributed by atoms with Gasteiger partial charge in [0.1, 0.15) is 18.5 Å². The van der Waals surface area contributed by atoms with Gasteiger partial charge in [0.2, 0.25) is 0 Å². The molecule has 2 fully saturated rings. The molecule has 0 radical (unpaired) electrons. The number of ether oxygens (including phenoxy) is 3. The molecule has 1 aromatic carbocycles. The molecule has 1 N–H and O–H groups in total. The molecule has 2 heterocycles. The van der Waals surface area contributed by atoms with Crippen LogP contribution < -0.4 is 10.1 Å². The lowest BCUT2D eigenvalue weighted by Crippen LogP contribution is -2.53. The van der Waals surface area contributed by atoms with Crippen molar-refractivity contribution in [1.29, 1.82) is 0 Å². The van der Waals surface area contributed by atoms with Gasteiger partial charge in [0.05, 0.1) is 19.3 Å². The van der Waals surface area contributed by atoms with Crippen LogP contribution in [0.3, 0.4) is 0 Å². The van der Waals surface area contributed by atoms with Crippen LogP contribution in [0.4, 0.5) is 0 Å². The van der Waals surface area contributed by atoms with Crippen LogP contribution in [-0.2, 0) is 9.47 Å². The third-order valence-corrected chi connectivity index (χ3v) is 4.66. The van der Waals surface area contributed by atoms with Crippen LogP contribution in [0.2, 0.25) is 0 Å². The summed E-state index contributed by atoms with van der Waals surface area (Å²) in [4.78, 5) is 6.66. The van der Waals surface area contributed by atoms with E-state index in [1.807, 2.05) is 19.2 Å². The van der Waals surface area contributed by atoms with E-state index in [-0.39, 0.29) is 12.2 Å². The second-order valence-corrected chi connectivity index (χ2v) is 6.54. The number of rotatable bonds is 5. The summed E-state index contributed by atoms with van der Waals surface area (Å²) in [6.07, 6.45) is 2.59. The third kappa shape index (κ3) is 5.09. The van der Waals surface area contributed by atoms with Crippen molar-refractivity contribution in [2.45, 2.75) is 32.0 Å². The molecular weight excluding hydrogens is 318 g/mol. The highest BCUT2D eigenvalue weighted by Gasteiger charge is 2.32. The highest BCUT2D eigenvalue weighted by Crippen LogP contribution is 2.21. The Morgan fingerprint density at radius 1 is 1.24 bits per heavy atom. The molecule has 0 amide bonds. The Labute approximate surface area is 150 Å². The molecule has 6 nitrogen and oxygen atoms in total. The number of hydrogen-bond acceptors (Lipinski definition) is 4. The van der Waals surface area contributed by atoms with Crippen molar-refractivity contribution < 1.29 is 14.2 Å². The molecule has 0 aliphatic carbocycles.